The monoisotopic (exact) mass is 273 g/mol. The third-order valence-electron chi connectivity index (χ3n) is 3.24. The molecule has 1 heterocycles. The van der Waals surface area contributed by atoms with Crippen LogP contribution in [-0.2, 0) is 17.8 Å². The largest absolute Gasteiger partial charge is 0.465 e. The number of nitrogens with one attached hydrogen (secondary N) is 1. The van der Waals surface area contributed by atoms with Crippen LogP contribution in [0.2, 0.25) is 0 Å². The Bertz CT molecular complexity index is 605. The van der Waals surface area contributed by atoms with E-state index in [1.54, 1.807) is 18.3 Å². The van der Waals surface area contributed by atoms with Gasteiger partial charge >= 0.3 is 5.97 Å². The fourth-order valence-corrected chi connectivity index (χ4v) is 2.03. The Hall–Kier alpha value is -2.30. The zero-order valence-electron chi connectivity index (χ0n) is 12.0. The molecule has 0 fully saturated rings. The molecule has 0 saturated heterocycles. The topological polar surface area (TPSA) is 56.2 Å². The van der Waals surface area contributed by atoms with E-state index >= 15 is 0 Å². The van der Waals surface area contributed by atoms with Gasteiger partial charge in [-0.15, -0.1) is 0 Å². The lowest BCUT2D eigenvalue weighted by Gasteiger charge is -2.11. The Labute approximate surface area is 118 Å². The molecule has 5 nitrogen and oxygen atoms in total. The van der Waals surface area contributed by atoms with Gasteiger partial charge in [-0.1, -0.05) is 6.07 Å². The van der Waals surface area contributed by atoms with Crippen LogP contribution < -0.4 is 5.32 Å². The molecular weight excluding hydrogens is 254 g/mol. The normalized spacial score (nSPS) is 10.3. The minimum Gasteiger partial charge on any atom is -0.465 e. The molecule has 0 unspecified atom stereocenters. The summed E-state index contributed by atoms with van der Waals surface area (Å²) < 4.78 is 6.81. The Morgan fingerprint density at radius 2 is 2.25 bits per heavy atom. The number of aromatic nitrogens is 2. The first-order valence-corrected chi connectivity index (χ1v) is 6.58. The van der Waals surface area contributed by atoms with Crippen molar-refractivity contribution in [2.75, 3.05) is 12.4 Å². The van der Waals surface area contributed by atoms with E-state index in [1.165, 1.54) is 7.11 Å². The van der Waals surface area contributed by atoms with Gasteiger partial charge in [-0.3, -0.25) is 0 Å². The van der Waals surface area contributed by atoms with E-state index in [-0.39, 0.29) is 5.97 Å². The molecule has 2 rings (SSSR count). The van der Waals surface area contributed by atoms with Crippen molar-refractivity contribution < 1.29 is 9.53 Å². The summed E-state index contributed by atoms with van der Waals surface area (Å²) in [6.07, 6.45) is 3.74. The third-order valence-corrected chi connectivity index (χ3v) is 3.24. The predicted molar refractivity (Wildman–Crippen MR) is 77.7 cm³/mol. The second-order valence-corrected chi connectivity index (χ2v) is 4.50. The van der Waals surface area contributed by atoms with Crippen molar-refractivity contribution in [1.29, 1.82) is 0 Å². The van der Waals surface area contributed by atoms with Crippen molar-refractivity contribution in [2.45, 2.75) is 26.9 Å². The standard InChI is InChI=1S/C15H19N3O2/c1-4-18-8-7-16-14(18)10-17-13-9-12(15(19)20-3)6-5-11(13)2/h5-9,17H,4,10H2,1-3H3. The lowest BCUT2D eigenvalue weighted by atomic mass is 10.1. The molecule has 0 bridgehead atoms. The number of carbonyl (C=O) groups excluding carboxylic acids is 1. The smallest absolute Gasteiger partial charge is 0.337 e. The molecule has 106 valence electrons. The van der Waals surface area contributed by atoms with E-state index in [0.717, 1.165) is 23.6 Å². The Kier molecular flexibility index (Phi) is 4.40. The van der Waals surface area contributed by atoms with E-state index < -0.39 is 0 Å². The van der Waals surface area contributed by atoms with Gasteiger partial charge in [0, 0.05) is 24.6 Å². The maximum absolute atomic E-state index is 11.5. The Balaban J connectivity index is 2.14. The van der Waals surface area contributed by atoms with E-state index in [1.807, 2.05) is 19.2 Å². The summed E-state index contributed by atoms with van der Waals surface area (Å²) in [5.74, 6) is 0.637. The van der Waals surface area contributed by atoms with Gasteiger partial charge in [0.1, 0.15) is 5.82 Å². The van der Waals surface area contributed by atoms with Crippen LogP contribution in [0.15, 0.2) is 30.6 Å². The number of hydrogen-bond donors (Lipinski definition) is 1. The first-order chi connectivity index (χ1) is 9.65. The number of nitrogens with zero attached hydrogens (tertiary/aromatic N) is 2. The van der Waals surface area contributed by atoms with Gasteiger partial charge in [0.15, 0.2) is 0 Å². The first kappa shape index (κ1) is 14.1. The summed E-state index contributed by atoms with van der Waals surface area (Å²) >= 11 is 0. The molecule has 0 radical (unpaired) electrons. The first-order valence-electron chi connectivity index (χ1n) is 6.58. The Morgan fingerprint density at radius 3 is 2.95 bits per heavy atom. The van der Waals surface area contributed by atoms with Gasteiger partial charge in [0.25, 0.3) is 0 Å². The zero-order valence-corrected chi connectivity index (χ0v) is 12.0. The summed E-state index contributed by atoms with van der Waals surface area (Å²) in [5.41, 5.74) is 2.53. The number of hydrogen-bond acceptors (Lipinski definition) is 4. The van der Waals surface area contributed by atoms with Crippen LogP contribution in [0.5, 0.6) is 0 Å². The summed E-state index contributed by atoms with van der Waals surface area (Å²) in [6.45, 7) is 5.58. The van der Waals surface area contributed by atoms with Crippen molar-refractivity contribution >= 4 is 11.7 Å². The molecule has 1 aromatic carbocycles. The Morgan fingerprint density at radius 1 is 1.45 bits per heavy atom. The molecule has 0 aliphatic heterocycles. The quantitative estimate of drug-likeness (QED) is 0.851. The molecule has 0 aliphatic rings. The molecule has 0 spiro atoms. The van der Waals surface area contributed by atoms with Crippen molar-refractivity contribution in [1.82, 2.24) is 9.55 Å². The molecule has 1 aromatic heterocycles. The van der Waals surface area contributed by atoms with E-state index in [0.29, 0.717) is 12.1 Å². The van der Waals surface area contributed by atoms with Gasteiger partial charge in [0.05, 0.1) is 19.2 Å². The fraction of sp³-hybridized carbons (Fsp3) is 0.333. The van der Waals surface area contributed by atoms with Crippen molar-refractivity contribution in [3.63, 3.8) is 0 Å². The van der Waals surface area contributed by atoms with Gasteiger partial charge in [0.2, 0.25) is 0 Å². The number of ether oxygens (including phenoxy) is 1. The van der Waals surface area contributed by atoms with Crippen LogP contribution in [0, 0.1) is 6.92 Å². The van der Waals surface area contributed by atoms with Crippen LogP contribution >= 0.6 is 0 Å². The summed E-state index contributed by atoms with van der Waals surface area (Å²) in [5, 5.41) is 3.32. The van der Waals surface area contributed by atoms with Crippen LogP contribution in [0.25, 0.3) is 0 Å². The van der Waals surface area contributed by atoms with Crippen molar-refractivity contribution in [3.8, 4) is 0 Å². The highest BCUT2D eigenvalue weighted by Gasteiger charge is 2.08. The maximum Gasteiger partial charge on any atom is 0.337 e. The van der Waals surface area contributed by atoms with E-state index in [4.69, 9.17) is 4.74 Å². The van der Waals surface area contributed by atoms with Gasteiger partial charge in [-0.2, -0.15) is 0 Å². The third kappa shape index (κ3) is 2.99. The number of benzene rings is 1. The summed E-state index contributed by atoms with van der Waals surface area (Å²) in [6, 6.07) is 5.47. The second kappa shape index (κ2) is 6.23. The summed E-state index contributed by atoms with van der Waals surface area (Å²) in [4.78, 5) is 15.9. The van der Waals surface area contributed by atoms with Gasteiger partial charge in [-0.05, 0) is 31.5 Å². The molecule has 20 heavy (non-hydrogen) atoms. The number of methoxy groups -OCH3 is 1. The van der Waals surface area contributed by atoms with Gasteiger partial charge < -0.3 is 14.6 Å². The SMILES string of the molecule is CCn1ccnc1CNc1cc(C(=O)OC)ccc1C. The average molecular weight is 273 g/mol. The molecule has 0 aliphatic carbocycles. The van der Waals surface area contributed by atoms with E-state index in [2.05, 4.69) is 21.8 Å². The molecule has 5 heteroatoms. The highest BCUT2D eigenvalue weighted by Crippen LogP contribution is 2.18. The molecular formula is C15H19N3O2. The summed E-state index contributed by atoms with van der Waals surface area (Å²) in [7, 11) is 1.38. The number of rotatable bonds is 5. The van der Waals surface area contributed by atoms with E-state index in [9.17, 15) is 4.79 Å². The molecule has 0 atom stereocenters. The second-order valence-electron chi connectivity index (χ2n) is 4.50. The number of esters is 1. The fourth-order valence-electron chi connectivity index (χ4n) is 2.03. The van der Waals surface area contributed by atoms with Crippen LogP contribution in [0.1, 0.15) is 28.7 Å². The molecule has 0 saturated carbocycles. The van der Waals surface area contributed by atoms with Crippen LogP contribution in [0.3, 0.4) is 0 Å². The van der Waals surface area contributed by atoms with Crippen molar-refractivity contribution in [2.24, 2.45) is 0 Å². The van der Waals surface area contributed by atoms with Gasteiger partial charge in [-0.25, -0.2) is 9.78 Å². The average Bonchev–Trinajstić information content (AvgIpc) is 2.93. The lowest BCUT2D eigenvalue weighted by molar-refractivity contribution is 0.0601. The highest BCUT2D eigenvalue weighted by molar-refractivity contribution is 5.90. The minimum atomic E-state index is -0.330. The lowest BCUT2D eigenvalue weighted by Crippen LogP contribution is -2.09. The highest BCUT2D eigenvalue weighted by atomic mass is 16.5. The predicted octanol–water partition coefficient (Wildman–Crippen LogP) is 2.61. The number of anilines is 1. The zero-order chi connectivity index (χ0) is 14.5. The van der Waals surface area contributed by atoms with Crippen molar-refractivity contribution in [3.05, 3.63) is 47.5 Å². The number of carbonyl (C=O) groups is 1. The van der Waals surface area contributed by atoms with Crippen LogP contribution in [-0.4, -0.2) is 22.6 Å². The molecule has 1 N–H and O–H groups in total. The molecule has 2 aromatic rings. The maximum atomic E-state index is 11.5. The number of aryl methyl sites for hydroxylation is 2. The van der Waals surface area contributed by atoms with Crippen LogP contribution in [0.4, 0.5) is 5.69 Å². The minimum absolute atomic E-state index is 0.330. The molecule has 0 amide bonds. The number of imidazole rings is 1.